The first-order chi connectivity index (χ1) is 9.13. The molecule has 0 aliphatic heterocycles. The van der Waals surface area contributed by atoms with Crippen LogP contribution in [0.4, 0.5) is 5.69 Å². The van der Waals surface area contributed by atoms with E-state index in [1.54, 1.807) is 35.3 Å². The summed E-state index contributed by atoms with van der Waals surface area (Å²) < 4.78 is 2.49. The lowest BCUT2D eigenvalue weighted by Crippen LogP contribution is -1.97. The molecule has 2 aromatic heterocycles. The summed E-state index contributed by atoms with van der Waals surface area (Å²) in [4.78, 5) is 14.7. The Morgan fingerprint density at radius 1 is 1.26 bits per heavy atom. The number of rotatable bonds is 2. The van der Waals surface area contributed by atoms with Crippen molar-refractivity contribution in [1.29, 1.82) is 0 Å². The average molecular weight is 319 g/mol. The Hall–Kier alpha value is -2.28. The first-order valence-electron chi connectivity index (χ1n) is 5.39. The third-order valence-electron chi connectivity index (χ3n) is 2.65. The van der Waals surface area contributed by atoms with Gasteiger partial charge in [-0.3, -0.25) is 10.1 Å². The Bertz CT molecular complexity index is 784. The lowest BCUT2D eigenvalue weighted by atomic mass is 10.2. The van der Waals surface area contributed by atoms with Crippen molar-refractivity contribution in [1.82, 2.24) is 14.8 Å². The molecule has 94 valence electrons. The standard InChI is InChI=1S/C12H7BrN4O2/c13-9-6-14-16(7-9)12-4-1-8-5-10(17(18)19)2-3-11(8)15-12/h1-7H. The zero-order valence-corrected chi connectivity index (χ0v) is 11.1. The zero-order valence-electron chi connectivity index (χ0n) is 9.52. The van der Waals surface area contributed by atoms with Crippen LogP contribution in [0.1, 0.15) is 0 Å². The fourth-order valence-electron chi connectivity index (χ4n) is 1.77. The van der Waals surface area contributed by atoms with Gasteiger partial charge in [0.05, 0.1) is 21.1 Å². The number of hydrogen-bond acceptors (Lipinski definition) is 4. The van der Waals surface area contributed by atoms with Crippen LogP contribution in [0.25, 0.3) is 16.7 Å². The van der Waals surface area contributed by atoms with E-state index < -0.39 is 4.92 Å². The molecule has 2 heterocycles. The Labute approximate surface area is 116 Å². The molecule has 19 heavy (non-hydrogen) atoms. The summed E-state index contributed by atoms with van der Waals surface area (Å²) in [5.41, 5.74) is 0.749. The van der Waals surface area contributed by atoms with Gasteiger partial charge >= 0.3 is 0 Å². The van der Waals surface area contributed by atoms with Crippen LogP contribution >= 0.6 is 15.9 Å². The van der Waals surface area contributed by atoms with Crippen LogP contribution in [0.3, 0.4) is 0 Å². The topological polar surface area (TPSA) is 73.8 Å². The van der Waals surface area contributed by atoms with Gasteiger partial charge in [0, 0.05) is 23.7 Å². The van der Waals surface area contributed by atoms with Crippen molar-refractivity contribution in [2.45, 2.75) is 0 Å². The highest BCUT2D eigenvalue weighted by atomic mass is 79.9. The van der Waals surface area contributed by atoms with Crippen molar-refractivity contribution in [3.05, 3.63) is 57.3 Å². The van der Waals surface area contributed by atoms with Crippen molar-refractivity contribution in [2.24, 2.45) is 0 Å². The second-order valence-electron chi connectivity index (χ2n) is 3.91. The van der Waals surface area contributed by atoms with E-state index in [-0.39, 0.29) is 5.69 Å². The van der Waals surface area contributed by atoms with Gasteiger partial charge in [0.1, 0.15) is 0 Å². The van der Waals surface area contributed by atoms with Crippen molar-refractivity contribution < 1.29 is 4.92 Å². The second-order valence-corrected chi connectivity index (χ2v) is 4.82. The van der Waals surface area contributed by atoms with Crippen LogP contribution in [-0.2, 0) is 0 Å². The SMILES string of the molecule is O=[N+]([O-])c1ccc2nc(-n3cc(Br)cn3)ccc2c1. The van der Waals surface area contributed by atoms with Gasteiger partial charge in [-0.15, -0.1) is 0 Å². The Morgan fingerprint density at radius 2 is 2.11 bits per heavy atom. The van der Waals surface area contributed by atoms with Gasteiger partial charge in [-0.05, 0) is 34.1 Å². The Morgan fingerprint density at radius 3 is 2.79 bits per heavy atom. The molecule has 0 amide bonds. The summed E-state index contributed by atoms with van der Waals surface area (Å²) in [6, 6.07) is 8.14. The molecule has 3 rings (SSSR count). The van der Waals surface area contributed by atoms with E-state index in [1.165, 1.54) is 12.1 Å². The molecule has 0 N–H and O–H groups in total. The van der Waals surface area contributed by atoms with Crippen molar-refractivity contribution >= 4 is 32.5 Å². The molecule has 0 saturated heterocycles. The third-order valence-corrected chi connectivity index (χ3v) is 3.06. The van der Waals surface area contributed by atoms with Gasteiger partial charge in [0.2, 0.25) is 0 Å². The molecule has 3 aromatic rings. The zero-order chi connectivity index (χ0) is 13.4. The summed E-state index contributed by atoms with van der Waals surface area (Å²) in [5.74, 6) is 0.659. The largest absolute Gasteiger partial charge is 0.270 e. The molecule has 0 radical (unpaired) electrons. The van der Waals surface area contributed by atoms with Crippen LogP contribution in [0.2, 0.25) is 0 Å². The smallest absolute Gasteiger partial charge is 0.258 e. The first-order valence-corrected chi connectivity index (χ1v) is 6.18. The lowest BCUT2D eigenvalue weighted by molar-refractivity contribution is -0.384. The number of benzene rings is 1. The molecule has 0 atom stereocenters. The summed E-state index contributed by atoms with van der Waals surface area (Å²) in [7, 11) is 0. The van der Waals surface area contributed by atoms with Crippen molar-refractivity contribution in [2.75, 3.05) is 0 Å². The molecule has 0 aliphatic rings. The van der Waals surface area contributed by atoms with Crippen LogP contribution in [0.15, 0.2) is 47.2 Å². The lowest BCUT2D eigenvalue weighted by Gasteiger charge is -2.02. The number of pyridine rings is 1. The fraction of sp³-hybridized carbons (Fsp3) is 0. The summed E-state index contributed by atoms with van der Waals surface area (Å²) in [6.07, 6.45) is 3.46. The molecule has 0 bridgehead atoms. The number of nitro groups is 1. The predicted molar refractivity (Wildman–Crippen MR) is 73.2 cm³/mol. The van der Waals surface area contributed by atoms with Crippen LogP contribution in [-0.4, -0.2) is 19.7 Å². The van der Waals surface area contributed by atoms with Crippen LogP contribution in [0, 0.1) is 10.1 Å². The number of hydrogen-bond donors (Lipinski definition) is 0. The van der Waals surface area contributed by atoms with Crippen molar-refractivity contribution in [3.8, 4) is 5.82 Å². The molecule has 0 spiro atoms. The van der Waals surface area contributed by atoms with E-state index in [2.05, 4.69) is 26.0 Å². The van der Waals surface area contributed by atoms with E-state index in [4.69, 9.17) is 0 Å². The summed E-state index contributed by atoms with van der Waals surface area (Å²) >= 11 is 3.32. The van der Waals surface area contributed by atoms with E-state index in [1.807, 2.05) is 0 Å². The number of aromatic nitrogens is 3. The van der Waals surface area contributed by atoms with E-state index in [0.29, 0.717) is 11.3 Å². The van der Waals surface area contributed by atoms with E-state index >= 15 is 0 Å². The van der Waals surface area contributed by atoms with Gasteiger partial charge < -0.3 is 0 Å². The molecule has 1 aromatic carbocycles. The number of fused-ring (bicyclic) bond motifs is 1. The monoisotopic (exact) mass is 318 g/mol. The minimum absolute atomic E-state index is 0.0592. The molecule has 0 aliphatic carbocycles. The minimum atomic E-state index is -0.419. The fourth-order valence-corrected chi connectivity index (χ4v) is 2.06. The van der Waals surface area contributed by atoms with Gasteiger partial charge in [-0.1, -0.05) is 0 Å². The maximum atomic E-state index is 10.7. The van der Waals surface area contributed by atoms with E-state index in [9.17, 15) is 10.1 Å². The Kier molecular flexibility index (Phi) is 2.75. The predicted octanol–water partition coefficient (Wildman–Crippen LogP) is 3.09. The molecular formula is C12H7BrN4O2. The molecule has 6 nitrogen and oxygen atoms in total. The molecule has 7 heteroatoms. The minimum Gasteiger partial charge on any atom is -0.258 e. The highest BCUT2D eigenvalue weighted by Gasteiger charge is 2.08. The second kappa shape index (κ2) is 4.43. The quantitative estimate of drug-likeness (QED) is 0.537. The number of nitrogens with zero attached hydrogens (tertiary/aromatic N) is 4. The maximum Gasteiger partial charge on any atom is 0.270 e. The summed E-state index contributed by atoms with van der Waals surface area (Å²) in [6.45, 7) is 0. The highest BCUT2D eigenvalue weighted by Crippen LogP contribution is 2.21. The molecular weight excluding hydrogens is 312 g/mol. The number of non-ortho nitro benzene ring substituents is 1. The highest BCUT2D eigenvalue weighted by molar-refractivity contribution is 9.10. The Balaban J connectivity index is 2.11. The van der Waals surface area contributed by atoms with Gasteiger partial charge in [0.15, 0.2) is 5.82 Å². The van der Waals surface area contributed by atoms with Crippen molar-refractivity contribution in [3.63, 3.8) is 0 Å². The molecule has 0 saturated carbocycles. The van der Waals surface area contributed by atoms with Crippen LogP contribution in [0.5, 0.6) is 0 Å². The normalized spacial score (nSPS) is 10.8. The van der Waals surface area contributed by atoms with Gasteiger partial charge in [-0.2, -0.15) is 5.10 Å². The van der Waals surface area contributed by atoms with Gasteiger partial charge in [0.25, 0.3) is 5.69 Å². The maximum absolute atomic E-state index is 10.7. The number of halogens is 1. The van der Waals surface area contributed by atoms with Crippen LogP contribution < -0.4 is 0 Å². The van der Waals surface area contributed by atoms with Gasteiger partial charge in [-0.25, -0.2) is 9.67 Å². The summed E-state index contributed by atoms with van der Waals surface area (Å²) in [5, 5.41) is 15.6. The third kappa shape index (κ3) is 2.19. The average Bonchev–Trinajstić information content (AvgIpc) is 2.84. The first kappa shape index (κ1) is 11.8. The number of nitro benzene ring substituents is 1. The molecule has 0 unspecified atom stereocenters. The van der Waals surface area contributed by atoms with E-state index in [0.717, 1.165) is 9.86 Å². The molecule has 0 fully saturated rings.